The van der Waals surface area contributed by atoms with E-state index in [1.807, 2.05) is 0 Å². The minimum atomic E-state index is -0.720. The molecule has 0 aliphatic carbocycles. The van der Waals surface area contributed by atoms with Gasteiger partial charge in [-0.1, -0.05) is 16.8 Å². The molecule has 1 amide bonds. The van der Waals surface area contributed by atoms with Gasteiger partial charge in [0.25, 0.3) is 0 Å². The molecule has 1 rings (SSSR count). The van der Waals surface area contributed by atoms with Crippen molar-refractivity contribution in [2.45, 2.75) is 6.92 Å². The Labute approximate surface area is 112 Å². The quantitative estimate of drug-likeness (QED) is 0.346. The Bertz CT molecular complexity index is 465. The predicted molar refractivity (Wildman–Crippen MR) is 70.4 cm³/mol. The Balaban J connectivity index is 2.78. The Hall–Kier alpha value is -1.27. The van der Waals surface area contributed by atoms with Crippen molar-refractivity contribution in [3.05, 3.63) is 27.7 Å². The second-order valence-corrected chi connectivity index (χ2v) is 4.63. The van der Waals surface area contributed by atoms with Crippen LogP contribution in [0.4, 0.5) is 5.69 Å². The summed E-state index contributed by atoms with van der Waals surface area (Å²) in [7, 11) is 0. The van der Waals surface area contributed by atoms with E-state index in [-0.39, 0.29) is 11.7 Å². The van der Waals surface area contributed by atoms with E-state index >= 15 is 0 Å². The zero-order valence-corrected chi connectivity index (χ0v) is 11.3. The standard InChI is InChI=1S/C10H11BrClN3O2/c1-5(9(13)15-17)10(16)14-6-2-3-7(11)8(12)4-6/h2-5,17H,1H3,(H2,13,15)(H,14,16). The fourth-order valence-electron chi connectivity index (χ4n) is 1.05. The molecule has 0 aliphatic rings. The van der Waals surface area contributed by atoms with Crippen LogP contribution in [0.1, 0.15) is 6.92 Å². The maximum atomic E-state index is 11.7. The summed E-state index contributed by atoms with van der Waals surface area (Å²) in [5, 5.41) is 14.3. The van der Waals surface area contributed by atoms with E-state index in [9.17, 15) is 4.79 Å². The molecule has 0 fully saturated rings. The van der Waals surface area contributed by atoms with Crippen molar-refractivity contribution in [3.8, 4) is 0 Å². The lowest BCUT2D eigenvalue weighted by atomic mass is 10.1. The number of hydrogen-bond acceptors (Lipinski definition) is 3. The van der Waals surface area contributed by atoms with Crippen LogP contribution < -0.4 is 11.1 Å². The average molecular weight is 321 g/mol. The van der Waals surface area contributed by atoms with E-state index in [1.165, 1.54) is 6.92 Å². The Morgan fingerprint density at radius 1 is 1.65 bits per heavy atom. The number of amidine groups is 1. The number of oxime groups is 1. The van der Waals surface area contributed by atoms with Gasteiger partial charge in [-0.2, -0.15) is 0 Å². The highest BCUT2D eigenvalue weighted by Gasteiger charge is 2.17. The highest BCUT2D eigenvalue weighted by atomic mass is 79.9. The van der Waals surface area contributed by atoms with E-state index < -0.39 is 5.92 Å². The molecule has 0 bridgehead atoms. The molecule has 7 heteroatoms. The van der Waals surface area contributed by atoms with E-state index in [2.05, 4.69) is 26.4 Å². The predicted octanol–water partition coefficient (Wildman–Crippen LogP) is 2.42. The number of benzene rings is 1. The van der Waals surface area contributed by atoms with Crippen molar-refractivity contribution >= 4 is 45.0 Å². The second-order valence-electron chi connectivity index (χ2n) is 3.36. The van der Waals surface area contributed by atoms with Crippen LogP contribution in [-0.2, 0) is 4.79 Å². The number of carbonyl (C=O) groups is 1. The highest BCUT2D eigenvalue weighted by molar-refractivity contribution is 9.10. The molecule has 92 valence electrons. The van der Waals surface area contributed by atoms with Crippen LogP contribution in [0.2, 0.25) is 5.02 Å². The first-order valence-electron chi connectivity index (χ1n) is 4.69. The number of carbonyl (C=O) groups excluding carboxylic acids is 1. The number of anilines is 1. The Kier molecular flexibility index (Phi) is 4.77. The molecule has 0 saturated heterocycles. The topological polar surface area (TPSA) is 87.7 Å². The summed E-state index contributed by atoms with van der Waals surface area (Å²) in [6.07, 6.45) is 0. The first kappa shape index (κ1) is 13.8. The molecule has 17 heavy (non-hydrogen) atoms. The molecular weight excluding hydrogens is 309 g/mol. The minimum absolute atomic E-state index is 0.147. The molecule has 4 N–H and O–H groups in total. The third kappa shape index (κ3) is 3.61. The third-order valence-electron chi connectivity index (χ3n) is 2.14. The van der Waals surface area contributed by atoms with Crippen molar-refractivity contribution < 1.29 is 10.0 Å². The highest BCUT2D eigenvalue weighted by Crippen LogP contribution is 2.25. The molecule has 1 aromatic carbocycles. The maximum absolute atomic E-state index is 11.7. The molecular formula is C10H11BrClN3O2. The van der Waals surface area contributed by atoms with Gasteiger partial charge in [0.15, 0.2) is 5.84 Å². The van der Waals surface area contributed by atoms with E-state index in [4.69, 9.17) is 22.5 Å². The molecule has 0 radical (unpaired) electrons. The summed E-state index contributed by atoms with van der Waals surface area (Å²) in [5.74, 6) is -1.24. The van der Waals surface area contributed by atoms with Gasteiger partial charge in [-0.15, -0.1) is 0 Å². The van der Waals surface area contributed by atoms with Crippen molar-refractivity contribution in [2.75, 3.05) is 5.32 Å². The van der Waals surface area contributed by atoms with Crippen LogP contribution in [0.25, 0.3) is 0 Å². The van der Waals surface area contributed by atoms with Gasteiger partial charge in [-0.3, -0.25) is 4.79 Å². The molecule has 0 aliphatic heterocycles. The van der Waals surface area contributed by atoms with E-state index in [0.717, 1.165) is 4.47 Å². The van der Waals surface area contributed by atoms with Crippen LogP contribution >= 0.6 is 27.5 Å². The SMILES string of the molecule is CC(C(=O)Nc1ccc(Br)c(Cl)c1)/C(N)=N/O. The Morgan fingerprint density at radius 3 is 2.82 bits per heavy atom. The third-order valence-corrected chi connectivity index (χ3v) is 3.37. The first-order chi connectivity index (χ1) is 7.95. The number of nitrogens with two attached hydrogens (primary N) is 1. The van der Waals surface area contributed by atoms with Gasteiger partial charge in [-0.05, 0) is 41.1 Å². The lowest BCUT2D eigenvalue weighted by Crippen LogP contribution is -2.32. The fourth-order valence-corrected chi connectivity index (χ4v) is 1.47. The Morgan fingerprint density at radius 2 is 2.29 bits per heavy atom. The van der Waals surface area contributed by atoms with Crippen LogP contribution in [0, 0.1) is 5.92 Å². The van der Waals surface area contributed by atoms with Crippen LogP contribution in [0.15, 0.2) is 27.8 Å². The second kappa shape index (κ2) is 5.88. The van der Waals surface area contributed by atoms with Gasteiger partial charge in [0.1, 0.15) is 0 Å². The zero-order chi connectivity index (χ0) is 13.0. The lowest BCUT2D eigenvalue weighted by molar-refractivity contribution is -0.117. The number of nitrogens with zero attached hydrogens (tertiary/aromatic N) is 1. The van der Waals surface area contributed by atoms with Gasteiger partial charge in [0, 0.05) is 10.2 Å². The molecule has 1 unspecified atom stereocenters. The summed E-state index contributed by atoms with van der Waals surface area (Å²) in [6.45, 7) is 1.53. The number of nitrogens with one attached hydrogen (secondary N) is 1. The molecule has 0 heterocycles. The monoisotopic (exact) mass is 319 g/mol. The van der Waals surface area contributed by atoms with Gasteiger partial charge in [0.2, 0.25) is 5.91 Å². The number of rotatable bonds is 3. The smallest absolute Gasteiger partial charge is 0.234 e. The van der Waals surface area contributed by atoms with Crippen molar-refractivity contribution in [3.63, 3.8) is 0 Å². The summed E-state index contributed by atoms with van der Waals surface area (Å²) in [5.41, 5.74) is 5.87. The van der Waals surface area contributed by atoms with Crippen LogP contribution in [0.5, 0.6) is 0 Å². The molecule has 5 nitrogen and oxygen atoms in total. The van der Waals surface area contributed by atoms with Crippen molar-refractivity contribution in [1.82, 2.24) is 0 Å². The molecule has 0 spiro atoms. The average Bonchev–Trinajstić information content (AvgIpc) is 2.31. The summed E-state index contributed by atoms with van der Waals surface area (Å²) < 4.78 is 0.738. The number of amides is 1. The summed E-state index contributed by atoms with van der Waals surface area (Å²) >= 11 is 9.12. The van der Waals surface area contributed by atoms with Gasteiger partial charge in [-0.25, -0.2) is 0 Å². The maximum Gasteiger partial charge on any atom is 0.234 e. The van der Waals surface area contributed by atoms with Gasteiger partial charge >= 0.3 is 0 Å². The van der Waals surface area contributed by atoms with Crippen molar-refractivity contribution in [1.29, 1.82) is 0 Å². The van der Waals surface area contributed by atoms with E-state index in [0.29, 0.717) is 10.7 Å². The van der Waals surface area contributed by atoms with Gasteiger partial charge < -0.3 is 16.3 Å². The van der Waals surface area contributed by atoms with Gasteiger partial charge in [0.05, 0.1) is 10.9 Å². The molecule has 0 saturated carbocycles. The normalized spacial score (nSPS) is 13.2. The molecule has 0 aromatic heterocycles. The number of halogens is 2. The van der Waals surface area contributed by atoms with E-state index in [1.54, 1.807) is 18.2 Å². The molecule has 1 atom stereocenters. The summed E-state index contributed by atoms with van der Waals surface area (Å²) in [4.78, 5) is 11.7. The van der Waals surface area contributed by atoms with Crippen LogP contribution in [-0.4, -0.2) is 17.0 Å². The van der Waals surface area contributed by atoms with Crippen LogP contribution in [0.3, 0.4) is 0 Å². The summed E-state index contributed by atoms with van der Waals surface area (Å²) in [6, 6.07) is 5.00. The molecule has 1 aromatic rings. The fraction of sp³-hybridized carbons (Fsp3) is 0.200. The zero-order valence-electron chi connectivity index (χ0n) is 8.95. The van der Waals surface area contributed by atoms with Crippen molar-refractivity contribution in [2.24, 2.45) is 16.8 Å². The largest absolute Gasteiger partial charge is 0.409 e. The number of hydrogen-bond donors (Lipinski definition) is 3. The minimum Gasteiger partial charge on any atom is -0.409 e. The first-order valence-corrected chi connectivity index (χ1v) is 5.86. The lowest BCUT2D eigenvalue weighted by Gasteiger charge is -2.11.